The van der Waals surface area contributed by atoms with Gasteiger partial charge in [0.05, 0.1) is 0 Å². The third kappa shape index (κ3) is 4.76. The van der Waals surface area contributed by atoms with Crippen LogP contribution in [0.25, 0.3) is 6.08 Å². The number of benzene rings is 2. The average molecular weight is 281 g/mol. The lowest BCUT2D eigenvalue weighted by atomic mass is 10.1. The summed E-state index contributed by atoms with van der Waals surface area (Å²) in [5.41, 5.74) is 2.39. The molecule has 1 unspecified atom stereocenters. The molecule has 0 aliphatic carbocycles. The lowest BCUT2D eigenvalue weighted by molar-refractivity contribution is 0.355. The van der Waals surface area contributed by atoms with E-state index in [2.05, 4.69) is 49.5 Å². The molecule has 0 spiro atoms. The van der Waals surface area contributed by atoms with Gasteiger partial charge in [0, 0.05) is 11.6 Å². The largest absolute Gasteiger partial charge is 0.489 e. The Hall–Kier alpha value is -2.06. The van der Waals surface area contributed by atoms with Crippen molar-refractivity contribution in [2.45, 2.75) is 19.9 Å². The monoisotopic (exact) mass is 281 g/mol. The number of para-hydroxylation sites is 1. The number of rotatable bonds is 7. The predicted molar refractivity (Wildman–Crippen MR) is 89.5 cm³/mol. The molecule has 0 saturated carbocycles. The van der Waals surface area contributed by atoms with Crippen LogP contribution in [0, 0.1) is 0 Å². The summed E-state index contributed by atoms with van der Waals surface area (Å²) in [7, 11) is 0. The van der Waals surface area contributed by atoms with Crippen molar-refractivity contribution < 1.29 is 4.74 Å². The molecule has 2 aromatic carbocycles. The number of ether oxygens (including phenoxy) is 1. The minimum atomic E-state index is 0.296. The van der Waals surface area contributed by atoms with Crippen LogP contribution in [0.3, 0.4) is 0 Å². The van der Waals surface area contributed by atoms with Crippen molar-refractivity contribution >= 4 is 6.08 Å². The van der Waals surface area contributed by atoms with Crippen LogP contribution in [0.5, 0.6) is 5.75 Å². The fourth-order valence-electron chi connectivity index (χ4n) is 2.27. The minimum Gasteiger partial charge on any atom is -0.489 e. The Morgan fingerprint density at radius 3 is 2.52 bits per heavy atom. The van der Waals surface area contributed by atoms with Crippen molar-refractivity contribution in [3.63, 3.8) is 0 Å². The summed E-state index contributed by atoms with van der Waals surface area (Å²) in [6, 6.07) is 18.8. The fourth-order valence-corrected chi connectivity index (χ4v) is 2.27. The maximum atomic E-state index is 5.90. The van der Waals surface area contributed by atoms with Crippen LogP contribution in [0.15, 0.2) is 60.7 Å². The summed E-state index contributed by atoms with van der Waals surface area (Å²) in [5.74, 6) is 0.948. The topological polar surface area (TPSA) is 21.3 Å². The third-order valence-electron chi connectivity index (χ3n) is 3.34. The van der Waals surface area contributed by atoms with Crippen molar-refractivity contribution in [2.24, 2.45) is 0 Å². The summed E-state index contributed by atoms with van der Waals surface area (Å²) in [6.45, 7) is 5.79. The van der Waals surface area contributed by atoms with Gasteiger partial charge in [0.1, 0.15) is 12.4 Å². The van der Waals surface area contributed by atoms with Gasteiger partial charge in [0.25, 0.3) is 0 Å². The molecule has 110 valence electrons. The first-order valence-electron chi connectivity index (χ1n) is 7.48. The Morgan fingerprint density at radius 2 is 1.76 bits per heavy atom. The van der Waals surface area contributed by atoms with E-state index in [4.69, 9.17) is 4.74 Å². The first kappa shape index (κ1) is 15.3. The molecular weight excluding hydrogens is 258 g/mol. The van der Waals surface area contributed by atoms with Crippen LogP contribution >= 0.6 is 0 Å². The quantitative estimate of drug-likeness (QED) is 0.809. The van der Waals surface area contributed by atoms with Crippen LogP contribution in [0.2, 0.25) is 0 Å². The van der Waals surface area contributed by atoms with Gasteiger partial charge in [0.2, 0.25) is 0 Å². The van der Waals surface area contributed by atoms with E-state index in [0.717, 1.165) is 12.3 Å². The van der Waals surface area contributed by atoms with Crippen LogP contribution in [-0.2, 0) is 0 Å². The van der Waals surface area contributed by atoms with E-state index < -0.39 is 0 Å². The molecule has 1 atom stereocenters. The van der Waals surface area contributed by atoms with Crippen molar-refractivity contribution in [3.8, 4) is 5.75 Å². The first-order chi connectivity index (χ1) is 10.3. The van der Waals surface area contributed by atoms with Crippen molar-refractivity contribution in [1.29, 1.82) is 0 Å². The Kier molecular flexibility index (Phi) is 6.04. The Labute approximate surface area is 127 Å². The maximum absolute atomic E-state index is 5.90. The standard InChI is InChI=1S/C19H23NO/c1-3-20-16(2)18-13-7-8-14-19(18)21-15-9-12-17-10-5-4-6-11-17/h4-14,16,20H,3,15H2,1-2H3/b12-9+. The Balaban J connectivity index is 1.95. The van der Waals surface area contributed by atoms with Gasteiger partial charge in [-0.2, -0.15) is 0 Å². The number of nitrogens with one attached hydrogen (secondary N) is 1. The highest BCUT2D eigenvalue weighted by atomic mass is 16.5. The Morgan fingerprint density at radius 1 is 1.05 bits per heavy atom. The van der Waals surface area contributed by atoms with E-state index in [0.29, 0.717) is 12.6 Å². The second kappa shape index (κ2) is 8.28. The van der Waals surface area contributed by atoms with E-state index in [-0.39, 0.29) is 0 Å². The third-order valence-corrected chi connectivity index (χ3v) is 3.34. The molecule has 0 amide bonds. The normalized spacial score (nSPS) is 12.5. The first-order valence-corrected chi connectivity index (χ1v) is 7.48. The second-order valence-electron chi connectivity index (χ2n) is 4.94. The molecule has 2 nitrogen and oxygen atoms in total. The van der Waals surface area contributed by atoms with Gasteiger partial charge in [-0.05, 0) is 31.2 Å². The molecule has 1 N–H and O–H groups in total. The molecule has 2 heteroatoms. The van der Waals surface area contributed by atoms with Gasteiger partial charge < -0.3 is 10.1 Å². The molecule has 0 saturated heterocycles. The molecule has 2 rings (SSSR count). The summed E-state index contributed by atoms with van der Waals surface area (Å²) >= 11 is 0. The van der Waals surface area contributed by atoms with Crippen LogP contribution in [0.1, 0.15) is 31.0 Å². The molecule has 21 heavy (non-hydrogen) atoms. The zero-order chi connectivity index (χ0) is 14.9. The van der Waals surface area contributed by atoms with Crippen LogP contribution in [-0.4, -0.2) is 13.2 Å². The van der Waals surface area contributed by atoms with Gasteiger partial charge in [0.15, 0.2) is 0 Å². The van der Waals surface area contributed by atoms with Crippen LogP contribution in [0.4, 0.5) is 0 Å². The summed E-state index contributed by atoms with van der Waals surface area (Å²) in [5, 5.41) is 3.42. The van der Waals surface area contributed by atoms with Gasteiger partial charge >= 0.3 is 0 Å². The summed E-state index contributed by atoms with van der Waals surface area (Å²) in [4.78, 5) is 0. The molecule has 0 aliphatic rings. The highest BCUT2D eigenvalue weighted by molar-refractivity contribution is 5.48. The molecule has 0 fully saturated rings. The predicted octanol–water partition coefficient (Wildman–Crippen LogP) is 4.45. The maximum Gasteiger partial charge on any atom is 0.124 e. The van der Waals surface area contributed by atoms with Gasteiger partial charge in [-0.3, -0.25) is 0 Å². The van der Waals surface area contributed by atoms with Crippen molar-refractivity contribution in [1.82, 2.24) is 5.32 Å². The lowest BCUT2D eigenvalue weighted by Crippen LogP contribution is -2.18. The molecule has 0 aromatic heterocycles. The van der Waals surface area contributed by atoms with Gasteiger partial charge in [-0.1, -0.05) is 61.5 Å². The molecule has 0 heterocycles. The zero-order valence-corrected chi connectivity index (χ0v) is 12.8. The number of hydrogen-bond donors (Lipinski definition) is 1. The minimum absolute atomic E-state index is 0.296. The second-order valence-corrected chi connectivity index (χ2v) is 4.94. The molecule has 0 radical (unpaired) electrons. The zero-order valence-electron chi connectivity index (χ0n) is 12.8. The van der Waals surface area contributed by atoms with E-state index in [1.165, 1.54) is 11.1 Å². The van der Waals surface area contributed by atoms with Crippen molar-refractivity contribution in [3.05, 3.63) is 71.8 Å². The Bertz CT molecular complexity index is 563. The van der Waals surface area contributed by atoms with E-state index in [9.17, 15) is 0 Å². The number of hydrogen-bond acceptors (Lipinski definition) is 2. The van der Waals surface area contributed by atoms with E-state index >= 15 is 0 Å². The van der Waals surface area contributed by atoms with E-state index in [1.807, 2.05) is 36.4 Å². The highest BCUT2D eigenvalue weighted by Gasteiger charge is 2.09. The fraction of sp³-hybridized carbons (Fsp3) is 0.263. The van der Waals surface area contributed by atoms with Crippen molar-refractivity contribution in [2.75, 3.05) is 13.2 Å². The SMILES string of the molecule is CCNC(C)c1ccccc1OC/C=C/c1ccccc1. The average Bonchev–Trinajstić information content (AvgIpc) is 2.53. The van der Waals surface area contributed by atoms with Crippen LogP contribution < -0.4 is 10.1 Å². The molecular formula is C19H23NO. The molecule has 2 aromatic rings. The lowest BCUT2D eigenvalue weighted by Gasteiger charge is -2.17. The molecule has 0 aliphatic heterocycles. The smallest absolute Gasteiger partial charge is 0.124 e. The summed E-state index contributed by atoms with van der Waals surface area (Å²) < 4.78 is 5.90. The van der Waals surface area contributed by atoms with E-state index in [1.54, 1.807) is 0 Å². The van der Waals surface area contributed by atoms with Gasteiger partial charge in [-0.15, -0.1) is 0 Å². The highest BCUT2D eigenvalue weighted by Crippen LogP contribution is 2.24. The molecule has 0 bridgehead atoms. The summed E-state index contributed by atoms with van der Waals surface area (Å²) in [6.07, 6.45) is 4.13. The van der Waals surface area contributed by atoms with Gasteiger partial charge in [-0.25, -0.2) is 0 Å².